The second-order valence-electron chi connectivity index (χ2n) is 3.15. The van der Waals surface area contributed by atoms with Crippen LogP contribution in [-0.2, 0) is 0 Å². The summed E-state index contributed by atoms with van der Waals surface area (Å²) in [7, 11) is 0. The molecule has 70 valence electrons. The van der Waals surface area contributed by atoms with E-state index in [-0.39, 0.29) is 11.9 Å². The molecule has 13 heavy (non-hydrogen) atoms. The minimum atomic E-state index is -0.354. The topological polar surface area (TPSA) is 22.1 Å². The molecule has 0 bridgehead atoms. The number of rotatable bonds is 2. The fourth-order valence-corrected chi connectivity index (χ4v) is 2.08. The van der Waals surface area contributed by atoms with Crippen molar-refractivity contribution >= 4 is 15.9 Å². The standard InChI is InChI=1S/C9H9BrFNO/c10-6-1-8(2-6)13-9-3-7(11)4-12-5-9/h3-6,8H,1-2H2. The van der Waals surface area contributed by atoms with E-state index in [0.717, 1.165) is 12.8 Å². The molecule has 1 aliphatic carbocycles. The summed E-state index contributed by atoms with van der Waals surface area (Å²) in [5.74, 6) is 0.164. The Morgan fingerprint density at radius 3 is 2.85 bits per heavy atom. The van der Waals surface area contributed by atoms with Crippen molar-refractivity contribution in [1.29, 1.82) is 0 Å². The molecule has 0 atom stereocenters. The number of pyridine rings is 1. The van der Waals surface area contributed by atoms with Gasteiger partial charge in [0.25, 0.3) is 0 Å². The number of nitrogens with zero attached hydrogens (tertiary/aromatic N) is 1. The first kappa shape index (κ1) is 8.94. The van der Waals surface area contributed by atoms with Crippen molar-refractivity contribution in [1.82, 2.24) is 4.98 Å². The predicted molar refractivity (Wildman–Crippen MR) is 50.6 cm³/mol. The maximum Gasteiger partial charge on any atom is 0.145 e. The third-order valence-electron chi connectivity index (χ3n) is 2.02. The van der Waals surface area contributed by atoms with E-state index < -0.39 is 0 Å². The van der Waals surface area contributed by atoms with Gasteiger partial charge in [-0.2, -0.15) is 0 Å². The third-order valence-corrected chi connectivity index (χ3v) is 2.77. The van der Waals surface area contributed by atoms with Gasteiger partial charge in [-0.1, -0.05) is 15.9 Å². The van der Waals surface area contributed by atoms with E-state index in [1.807, 2.05) is 0 Å². The first-order chi connectivity index (χ1) is 6.24. The first-order valence-corrected chi connectivity index (χ1v) is 5.07. The van der Waals surface area contributed by atoms with Crippen molar-refractivity contribution in [3.63, 3.8) is 0 Å². The Bertz CT molecular complexity index is 301. The molecule has 1 heterocycles. The van der Waals surface area contributed by atoms with Crippen LogP contribution in [0, 0.1) is 5.82 Å². The predicted octanol–water partition coefficient (Wildman–Crippen LogP) is 2.53. The molecule has 0 radical (unpaired) electrons. The summed E-state index contributed by atoms with van der Waals surface area (Å²) in [5.41, 5.74) is 0. The Kier molecular flexibility index (Phi) is 2.49. The number of alkyl halides is 1. The van der Waals surface area contributed by atoms with E-state index in [0.29, 0.717) is 10.6 Å². The SMILES string of the molecule is Fc1cncc(OC2CC(Br)C2)c1. The van der Waals surface area contributed by atoms with Crippen LogP contribution < -0.4 is 4.74 Å². The fraction of sp³-hybridized carbons (Fsp3) is 0.444. The van der Waals surface area contributed by atoms with E-state index in [1.54, 1.807) is 0 Å². The molecule has 1 saturated carbocycles. The molecule has 1 aromatic heterocycles. The average molecular weight is 246 g/mol. The maximum absolute atomic E-state index is 12.7. The van der Waals surface area contributed by atoms with Crippen LogP contribution in [0.15, 0.2) is 18.5 Å². The lowest BCUT2D eigenvalue weighted by Crippen LogP contribution is -2.33. The van der Waals surface area contributed by atoms with Gasteiger partial charge in [0.2, 0.25) is 0 Å². The van der Waals surface area contributed by atoms with Crippen molar-refractivity contribution in [2.24, 2.45) is 0 Å². The van der Waals surface area contributed by atoms with Crippen molar-refractivity contribution in [3.8, 4) is 5.75 Å². The Balaban J connectivity index is 1.94. The third kappa shape index (κ3) is 2.18. The quantitative estimate of drug-likeness (QED) is 0.748. The van der Waals surface area contributed by atoms with Gasteiger partial charge in [0.15, 0.2) is 0 Å². The van der Waals surface area contributed by atoms with E-state index in [4.69, 9.17) is 4.74 Å². The molecule has 0 aromatic carbocycles. The Labute approximate surface area is 84.3 Å². The van der Waals surface area contributed by atoms with Crippen LogP contribution in [0.5, 0.6) is 5.75 Å². The van der Waals surface area contributed by atoms with Crippen LogP contribution in [0.4, 0.5) is 4.39 Å². The highest BCUT2D eigenvalue weighted by Crippen LogP contribution is 2.30. The van der Waals surface area contributed by atoms with Crippen LogP contribution in [-0.4, -0.2) is 15.9 Å². The summed E-state index contributed by atoms with van der Waals surface area (Å²) in [5, 5.41) is 0. The fourth-order valence-electron chi connectivity index (χ4n) is 1.25. The minimum absolute atomic E-state index is 0.216. The summed E-state index contributed by atoms with van der Waals surface area (Å²) >= 11 is 3.46. The number of hydrogen-bond donors (Lipinski definition) is 0. The molecule has 0 N–H and O–H groups in total. The largest absolute Gasteiger partial charge is 0.489 e. The zero-order chi connectivity index (χ0) is 9.26. The highest BCUT2D eigenvalue weighted by molar-refractivity contribution is 9.09. The van der Waals surface area contributed by atoms with Crippen LogP contribution in [0.3, 0.4) is 0 Å². The van der Waals surface area contributed by atoms with E-state index in [2.05, 4.69) is 20.9 Å². The molecule has 1 aliphatic rings. The Morgan fingerprint density at radius 1 is 1.46 bits per heavy atom. The van der Waals surface area contributed by atoms with Gasteiger partial charge in [-0.3, -0.25) is 4.98 Å². The highest BCUT2D eigenvalue weighted by atomic mass is 79.9. The summed E-state index contributed by atoms with van der Waals surface area (Å²) in [4.78, 5) is 4.26. The van der Waals surface area contributed by atoms with Crippen molar-refractivity contribution in [2.45, 2.75) is 23.8 Å². The van der Waals surface area contributed by atoms with Crippen LogP contribution >= 0.6 is 15.9 Å². The first-order valence-electron chi connectivity index (χ1n) is 4.15. The minimum Gasteiger partial charge on any atom is -0.489 e. The lowest BCUT2D eigenvalue weighted by molar-refractivity contribution is 0.127. The number of halogens is 2. The molecular formula is C9H9BrFNO. The van der Waals surface area contributed by atoms with Gasteiger partial charge in [-0.25, -0.2) is 4.39 Å². The van der Waals surface area contributed by atoms with Crippen molar-refractivity contribution in [3.05, 3.63) is 24.3 Å². The molecule has 2 rings (SSSR count). The number of ether oxygens (including phenoxy) is 1. The van der Waals surface area contributed by atoms with E-state index in [9.17, 15) is 4.39 Å². The molecule has 0 unspecified atom stereocenters. The van der Waals surface area contributed by atoms with Crippen LogP contribution in [0.1, 0.15) is 12.8 Å². The summed E-state index contributed by atoms with van der Waals surface area (Å²) in [6, 6.07) is 1.36. The maximum atomic E-state index is 12.7. The molecule has 0 spiro atoms. The van der Waals surface area contributed by atoms with Gasteiger partial charge in [-0.15, -0.1) is 0 Å². The van der Waals surface area contributed by atoms with Gasteiger partial charge in [-0.05, 0) is 12.8 Å². The van der Waals surface area contributed by atoms with Crippen LogP contribution in [0.25, 0.3) is 0 Å². The summed E-state index contributed by atoms with van der Waals surface area (Å²) < 4.78 is 18.1. The van der Waals surface area contributed by atoms with Gasteiger partial charge in [0.1, 0.15) is 17.7 Å². The smallest absolute Gasteiger partial charge is 0.145 e. The highest BCUT2D eigenvalue weighted by Gasteiger charge is 2.28. The van der Waals surface area contributed by atoms with Crippen molar-refractivity contribution < 1.29 is 9.13 Å². The molecule has 0 saturated heterocycles. The number of aromatic nitrogens is 1. The molecule has 2 nitrogen and oxygen atoms in total. The second kappa shape index (κ2) is 3.62. The zero-order valence-corrected chi connectivity index (χ0v) is 8.50. The van der Waals surface area contributed by atoms with Gasteiger partial charge < -0.3 is 4.74 Å². The van der Waals surface area contributed by atoms with Gasteiger partial charge in [0, 0.05) is 10.9 Å². The second-order valence-corrected chi connectivity index (χ2v) is 4.44. The normalized spacial score (nSPS) is 26.6. The Morgan fingerprint density at radius 2 is 2.23 bits per heavy atom. The van der Waals surface area contributed by atoms with Gasteiger partial charge in [0.05, 0.1) is 12.4 Å². The Hall–Kier alpha value is -0.640. The van der Waals surface area contributed by atoms with E-state index in [1.165, 1.54) is 18.5 Å². The molecule has 1 fully saturated rings. The lowest BCUT2D eigenvalue weighted by atomic mass is 9.96. The van der Waals surface area contributed by atoms with Crippen LogP contribution in [0.2, 0.25) is 0 Å². The zero-order valence-electron chi connectivity index (χ0n) is 6.91. The lowest BCUT2D eigenvalue weighted by Gasteiger charge is -2.31. The molecule has 1 aromatic rings. The van der Waals surface area contributed by atoms with Crippen molar-refractivity contribution in [2.75, 3.05) is 0 Å². The summed E-state index contributed by atoms with van der Waals surface area (Å²) in [6.07, 6.45) is 4.88. The van der Waals surface area contributed by atoms with Gasteiger partial charge >= 0.3 is 0 Å². The average Bonchev–Trinajstić information content (AvgIpc) is 2.01. The number of hydrogen-bond acceptors (Lipinski definition) is 2. The van der Waals surface area contributed by atoms with E-state index >= 15 is 0 Å². The molecule has 0 amide bonds. The summed E-state index contributed by atoms with van der Waals surface area (Å²) in [6.45, 7) is 0. The molecule has 0 aliphatic heterocycles. The molecule has 4 heteroatoms. The monoisotopic (exact) mass is 245 g/mol. The molecular weight excluding hydrogens is 237 g/mol.